The highest BCUT2D eigenvalue weighted by atomic mass is 35.5. The Balaban J connectivity index is 1.45. The van der Waals surface area contributed by atoms with Gasteiger partial charge in [0.05, 0.1) is 16.3 Å². The Morgan fingerprint density at radius 3 is 2.34 bits per heavy atom. The maximum absolute atomic E-state index is 15.4. The summed E-state index contributed by atoms with van der Waals surface area (Å²) in [6.07, 6.45) is 4.02. The molecule has 0 saturated heterocycles. The van der Waals surface area contributed by atoms with Gasteiger partial charge in [0.15, 0.2) is 11.6 Å². The number of carbonyl (C=O) groups is 4. The fourth-order valence-corrected chi connectivity index (χ4v) is 6.54. The van der Waals surface area contributed by atoms with Crippen molar-refractivity contribution in [2.24, 2.45) is 5.73 Å². The number of carbonyl (C=O) groups excluding carboxylic acids is 3. The van der Waals surface area contributed by atoms with Crippen molar-refractivity contribution in [2.45, 2.75) is 38.3 Å². The van der Waals surface area contributed by atoms with Gasteiger partial charge in [-0.15, -0.1) is 5.10 Å². The van der Waals surface area contributed by atoms with Gasteiger partial charge >= 0.3 is 5.97 Å². The molecule has 0 aliphatic carbocycles. The third-order valence-electron chi connectivity index (χ3n) is 8.73. The second-order valence-corrected chi connectivity index (χ2v) is 12.8. The molecule has 0 fully saturated rings. The molecule has 50 heavy (non-hydrogen) atoms. The molecule has 11 nitrogen and oxygen atoms in total. The lowest BCUT2D eigenvalue weighted by Crippen LogP contribution is -2.55. The molecule has 0 saturated carbocycles. The van der Waals surface area contributed by atoms with Crippen molar-refractivity contribution in [3.63, 3.8) is 0 Å². The Morgan fingerprint density at radius 1 is 1.00 bits per heavy atom. The number of benzene rings is 4. The molecule has 1 aliphatic heterocycles. The number of ketones is 1. The first-order valence-electron chi connectivity index (χ1n) is 15.5. The predicted molar refractivity (Wildman–Crippen MR) is 183 cm³/mol. The Hall–Kier alpha value is -6.01. The Bertz CT molecular complexity index is 2170. The third kappa shape index (κ3) is 6.52. The van der Waals surface area contributed by atoms with Crippen LogP contribution in [0.5, 0.6) is 0 Å². The smallest absolute Gasteiger partial charge is 0.335 e. The van der Waals surface area contributed by atoms with Crippen molar-refractivity contribution >= 4 is 41.2 Å². The highest BCUT2D eigenvalue weighted by Gasteiger charge is 2.45. The largest absolute Gasteiger partial charge is 0.478 e. The summed E-state index contributed by atoms with van der Waals surface area (Å²) in [7, 11) is 0. The van der Waals surface area contributed by atoms with Crippen LogP contribution in [-0.2, 0) is 22.4 Å². The van der Waals surface area contributed by atoms with Gasteiger partial charge < -0.3 is 15.7 Å². The van der Waals surface area contributed by atoms with Crippen LogP contribution in [0, 0.1) is 5.82 Å². The van der Waals surface area contributed by atoms with Crippen LogP contribution < -0.4 is 5.73 Å². The lowest BCUT2D eigenvalue weighted by molar-refractivity contribution is -0.143. The van der Waals surface area contributed by atoms with Crippen LogP contribution in [0.3, 0.4) is 0 Å². The van der Waals surface area contributed by atoms with Crippen LogP contribution >= 0.6 is 11.6 Å². The predicted octanol–water partition coefficient (Wildman–Crippen LogP) is 5.65. The number of fused-ring (bicyclic) bond motifs is 1. The number of aromatic carboxylic acids is 1. The van der Waals surface area contributed by atoms with Gasteiger partial charge in [-0.3, -0.25) is 14.4 Å². The van der Waals surface area contributed by atoms with E-state index in [1.165, 1.54) is 52.3 Å². The van der Waals surface area contributed by atoms with Gasteiger partial charge in [-0.25, -0.2) is 9.18 Å². The van der Waals surface area contributed by atoms with Crippen molar-refractivity contribution in [3.8, 4) is 16.8 Å². The minimum absolute atomic E-state index is 0.0311. The maximum Gasteiger partial charge on any atom is 0.335 e. The van der Waals surface area contributed by atoms with E-state index >= 15 is 4.39 Å². The molecule has 6 rings (SSSR count). The van der Waals surface area contributed by atoms with Crippen molar-refractivity contribution < 1.29 is 28.7 Å². The molecule has 1 aliphatic rings. The molecule has 4 aromatic carbocycles. The number of amides is 2. The zero-order valence-corrected chi connectivity index (χ0v) is 27.6. The van der Waals surface area contributed by atoms with E-state index in [2.05, 4.69) is 15.5 Å². The summed E-state index contributed by atoms with van der Waals surface area (Å²) in [5.74, 6) is -3.30. The van der Waals surface area contributed by atoms with E-state index in [1.54, 1.807) is 48.5 Å². The van der Waals surface area contributed by atoms with E-state index < -0.39 is 35.2 Å². The van der Waals surface area contributed by atoms with Gasteiger partial charge in [0.2, 0.25) is 11.8 Å². The minimum atomic E-state index is -1.09. The number of carboxylic acid groups (broad SMARTS) is 1. The van der Waals surface area contributed by atoms with Gasteiger partial charge in [-0.1, -0.05) is 54.1 Å². The summed E-state index contributed by atoms with van der Waals surface area (Å²) in [4.78, 5) is 53.4. The number of carboxylic acids is 1. The molecule has 2 heterocycles. The first-order valence-corrected chi connectivity index (χ1v) is 15.8. The standard InChI is InChI=1S/C37H30ClFN6O5/c1-37(2)19-28-25(22-10-12-23(13-11-22)35(40)48)4-3-5-26(28)34(31(46)18-21-6-8-24(9-7-21)36(49)50)45(37)32(47)17-14-27-30(44-20-41-42-43-44)16-15-29(38)33(27)39/h3-17,20,34H,18-19H2,1-2H3,(H2,40,48)(H,49,50)/b17-14+. The van der Waals surface area contributed by atoms with E-state index in [0.29, 0.717) is 23.1 Å². The minimum Gasteiger partial charge on any atom is -0.478 e. The van der Waals surface area contributed by atoms with Crippen molar-refractivity contribution in [2.75, 3.05) is 0 Å². The molecular weight excluding hydrogens is 663 g/mol. The molecule has 1 atom stereocenters. The van der Waals surface area contributed by atoms with Gasteiger partial charge in [0.25, 0.3) is 0 Å². The Labute approximate surface area is 290 Å². The van der Waals surface area contributed by atoms with E-state index in [4.69, 9.17) is 17.3 Å². The molecule has 252 valence electrons. The van der Waals surface area contributed by atoms with Crippen LogP contribution in [-0.4, -0.2) is 59.3 Å². The van der Waals surface area contributed by atoms with Gasteiger partial charge in [0.1, 0.15) is 12.4 Å². The second kappa shape index (κ2) is 13.5. The SMILES string of the molecule is CC1(C)Cc2c(-c3ccc(C(N)=O)cc3)cccc2C(C(=O)Cc2ccc(C(=O)O)cc2)N1C(=O)/C=C/c1c(-n2cnnn2)ccc(Cl)c1F. The number of rotatable bonds is 9. The molecule has 13 heteroatoms. The van der Waals surface area contributed by atoms with Gasteiger partial charge in [-0.05, 0) is 101 Å². The third-order valence-corrected chi connectivity index (χ3v) is 9.02. The zero-order valence-electron chi connectivity index (χ0n) is 26.9. The summed E-state index contributed by atoms with van der Waals surface area (Å²) in [6, 6.07) is 20.1. The second-order valence-electron chi connectivity index (χ2n) is 12.4. The number of Topliss-reactive ketones (excluding diaryl/α,β-unsaturated/α-hetero) is 1. The fourth-order valence-electron chi connectivity index (χ4n) is 6.38. The molecule has 1 unspecified atom stereocenters. The van der Waals surface area contributed by atoms with Crippen LogP contribution in [0.25, 0.3) is 22.9 Å². The van der Waals surface area contributed by atoms with Gasteiger partial charge in [0, 0.05) is 29.2 Å². The lowest BCUT2D eigenvalue weighted by Gasteiger charge is -2.48. The summed E-state index contributed by atoms with van der Waals surface area (Å²) < 4.78 is 16.6. The van der Waals surface area contributed by atoms with Crippen molar-refractivity contribution in [3.05, 3.63) is 135 Å². The number of primary amides is 1. The van der Waals surface area contributed by atoms with Crippen LogP contribution in [0.1, 0.15) is 62.9 Å². The number of hydrogen-bond acceptors (Lipinski definition) is 7. The van der Waals surface area contributed by atoms with E-state index in [1.807, 2.05) is 19.9 Å². The van der Waals surface area contributed by atoms with Crippen LogP contribution in [0.4, 0.5) is 4.39 Å². The molecule has 1 aromatic heterocycles. The van der Waals surface area contributed by atoms with Crippen molar-refractivity contribution in [1.82, 2.24) is 25.1 Å². The number of nitrogens with two attached hydrogens (primary N) is 1. The summed E-state index contributed by atoms with van der Waals surface area (Å²) >= 11 is 6.11. The lowest BCUT2D eigenvalue weighted by atomic mass is 9.76. The number of halogens is 2. The summed E-state index contributed by atoms with van der Waals surface area (Å²) in [5, 5.41) is 20.2. The first kappa shape index (κ1) is 33.9. The molecule has 5 aromatic rings. The average molecular weight is 693 g/mol. The summed E-state index contributed by atoms with van der Waals surface area (Å²) in [5.41, 5.74) is 8.81. The molecular formula is C37H30ClFN6O5. The molecule has 0 spiro atoms. The van der Waals surface area contributed by atoms with Gasteiger partial charge in [-0.2, -0.15) is 4.68 Å². The first-order chi connectivity index (χ1) is 23.9. The van der Waals surface area contributed by atoms with Crippen LogP contribution in [0.2, 0.25) is 5.02 Å². The highest BCUT2D eigenvalue weighted by Crippen LogP contribution is 2.44. The molecule has 0 bridgehead atoms. The van der Waals surface area contributed by atoms with Crippen molar-refractivity contribution in [1.29, 1.82) is 0 Å². The number of aromatic nitrogens is 4. The normalized spacial score (nSPS) is 15.1. The van der Waals surface area contributed by atoms with E-state index in [9.17, 15) is 24.3 Å². The maximum atomic E-state index is 15.4. The van der Waals surface area contributed by atoms with E-state index in [0.717, 1.165) is 16.7 Å². The molecule has 3 N–H and O–H groups in total. The monoisotopic (exact) mass is 692 g/mol. The number of nitrogens with zero attached hydrogens (tertiary/aromatic N) is 5. The summed E-state index contributed by atoms with van der Waals surface area (Å²) in [6.45, 7) is 3.70. The average Bonchev–Trinajstić information content (AvgIpc) is 3.63. The van der Waals surface area contributed by atoms with E-state index in [-0.39, 0.29) is 34.0 Å². The van der Waals surface area contributed by atoms with Crippen LogP contribution in [0.15, 0.2) is 91.3 Å². The highest BCUT2D eigenvalue weighted by molar-refractivity contribution is 6.31. The quantitative estimate of drug-likeness (QED) is 0.187. The topological polar surface area (TPSA) is 161 Å². The number of hydrogen-bond donors (Lipinski definition) is 2. The molecule has 0 radical (unpaired) electrons. The molecule has 2 amide bonds. The Kier molecular flexibility index (Phi) is 9.13. The fraction of sp³-hybridized carbons (Fsp3) is 0.162. The zero-order chi connectivity index (χ0) is 35.7. The Morgan fingerprint density at radius 2 is 1.70 bits per heavy atom. The number of tetrazole rings is 1.